The first kappa shape index (κ1) is 14.8. The molecule has 0 aliphatic carbocycles. The molecule has 102 valence electrons. The molecule has 0 saturated heterocycles. The molecule has 1 aromatic carbocycles. The van der Waals surface area contributed by atoms with Crippen LogP contribution in [0.5, 0.6) is 5.75 Å². The van der Waals surface area contributed by atoms with E-state index >= 15 is 0 Å². The highest BCUT2D eigenvalue weighted by Crippen LogP contribution is 2.18. The molecule has 0 heterocycles. The van der Waals surface area contributed by atoms with Crippen LogP contribution in [-0.2, 0) is 4.74 Å². The number of hydrogen-bond acceptors (Lipinski definition) is 2. The monoisotopic (exact) mass is 266 g/mol. The Kier molecular flexibility index (Phi) is 5.40. The smallest absolute Gasteiger partial charge is 0.411 e. The van der Waals surface area contributed by atoms with Crippen LogP contribution < -0.4 is 4.74 Å². The lowest BCUT2D eigenvalue weighted by Gasteiger charge is -2.10. The SMILES string of the molecule is Cc1cc(F)ccc1OCCCOCC(F)(F)F. The summed E-state index contributed by atoms with van der Waals surface area (Å²) >= 11 is 0. The van der Waals surface area contributed by atoms with Crippen molar-refractivity contribution < 1.29 is 27.0 Å². The van der Waals surface area contributed by atoms with Gasteiger partial charge < -0.3 is 9.47 Å². The quantitative estimate of drug-likeness (QED) is 0.579. The van der Waals surface area contributed by atoms with E-state index in [1.807, 2.05) is 0 Å². The highest BCUT2D eigenvalue weighted by Gasteiger charge is 2.27. The van der Waals surface area contributed by atoms with Crippen molar-refractivity contribution in [2.24, 2.45) is 0 Å². The summed E-state index contributed by atoms with van der Waals surface area (Å²) < 4.78 is 57.7. The average Bonchev–Trinajstić information content (AvgIpc) is 2.24. The fourth-order valence-corrected chi connectivity index (χ4v) is 1.31. The van der Waals surface area contributed by atoms with Gasteiger partial charge in [0.2, 0.25) is 0 Å². The fraction of sp³-hybridized carbons (Fsp3) is 0.500. The first-order valence-corrected chi connectivity index (χ1v) is 5.42. The van der Waals surface area contributed by atoms with Crippen molar-refractivity contribution >= 4 is 0 Å². The third kappa shape index (κ3) is 5.86. The molecule has 0 aromatic heterocycles. The first-order valence-electron chi connectivity index (χ1n) is 5.42. The molecule has 0 aliphatic heterocycles. The van der Waals surface area contributed by atoms with Gasteiger partial charge in [-0.15, -0.1) is 0 Å². The van der Waals surface area contributed by atoms with Crippen LogP contribution in [0.4, 0.5) is 17.6 Å². The van der Waals surface area contributed by atoms with Crippen LogP contribution in [0.15, 0.2) is 18.2 Å². The van der Waals surface area contributed by atoms with Crippen LogP contribution in [0.2, 0.25) is 0 Å². The summed E-state index contributed by atoms with van der Waals surface area (Å²) in [5, 5.41) is 0. The largest absolute Gasteiger partial charge is 0.493 e. The Hall–Kier alpha value is -1.30. The van der Waals surface area contributed by atoms with Crippen molar-refractivity contribution in [1.29, 1.82) is 0 Å². The normalized spacial score (nSPS) is 11.6. The Morgan fingerprint density at radius 2 is 1.89 bits per heavy atom. The van der Waals surface area contributed by atoms with Gasteiger partial charge in [0.1, 0.15) is 18.2 Å². The zero-order valence-electron chi connectivity index (χ0n) is 9.89. The van der Waals surface area contributed by atoms with Crippen molar-refractivity contribution in [3.8, 4) is 5.75 Å². The predicted octanol–water partition coefficient (Wildman–Crippen LogP) is 3.48. The molecular weight excluding hydrogens is 252 g/mol. The van der Waals surface area contributed by atoms with E-state index < -0.39 is 12.8 Å². The lowest BCUT2D eigenvalue weighted by atomic mass is 10.2. The number of ether oxygens (including phenoxy) is 2. The summed E-state index contributed by atoms with van der Waals surface area (Å²) in [4.78, 5) is 0. The Morgan fingerprint density at radius 3 is 2.50 bits per heavy atom. The summed E-state index contributed by atoms with van der Waals surface area (Å²) in [6.45, 7) is 0.644. The molecule has 0 saturated carbocycles. The van der Waals surface area contributed by atoms with Crippen LogP contribution in [-0.4, -0.2) is 26.0 Å². The van der Waals surface area contributed by atoms with Crippen molar-refractivity contribution in [3.05, 3.63) is 29.6 Å². The summed E-state index contributed by atoms with van der Waals surface area (Å²) in [6.07, 6.45) is -3.96. The van der Waals surface area contributed by atoms with Gasteiger partial charge in [-0.2, -0.15) is 13.2 Å². The Morgan fingerprint density at radius 1 is 1.17 bits per heavy atom. The molecule has 0 amide bonds. The van der Waals surface area contributed by atoms with Crippen LogP contribution in [0.1, 0.15) is 12.0 Å². The van der Waals surface area contributed by atoms with Crippen molar-refractivity contribution in [3.63, 3.8) is 0 Å². The number of rotatable bonds is 6. The first-order chi connectivity index (χ1) is 8.38. The molecule has 0 atom stereocenters. The molecule has 0 bridgehead atoms. The maximum atomic E-state index is 12.8. The second-order valence-electron chi connectivity index (χ2n) is 3.78. The van der Waals surface area contributed by atoms with Gasteiger partial charge in [0.25, 0.3) is 0 Å². The summed E-state index contributed by atoms with van der Waals surface area (Å²) in [6, 6.07) is 4.08. The van der Waals surface area contributed by atoms with Crippen LogP contribution in [0.3, 0.4) is 0 Å². The number of halogens is 4. The predicted molar refractivity (Wildman–Crippen MR) is 58.1 cm³/mol. The van der Waals surface area contributed by atoms with Crippen molar-refractivity contribution in [2.75, 3.05) is 19.8 Å². The second kappa shape index (κ2) is 6.58. The van der Waals surface area contributed by atoms with Gasteiger partial charge in [-0.3, -0.25) is 0 Å². The molecule has 0 N–H and O–H groups in total. The van der Waals surface area contributed by atoms with E-state index in [-0.39, 0.29) is 19.0 Å². The van der Waals surface area contributed by atoms with Crippen LogP contribution in [0, 0.1) is 12.7 Å². The lowest BCUT2D eigenvalue weighted by molar-refractivity contribution is -0.174. The van der Waals surface area contributed by atoms with E-state index in [2.05, 4.69) is 4.74 Å². The second-order valence-corrected chi connectivity index (χ2v) is 3.78. The molecule has 0 aliphatic rings. The summed E-state index contributed by atoms with van der Waals surface area (Å²) in [5.74, 6) is 0.167. The molecule has 18 heavy (non-hydrogen) atoms. The molecule has 0 spiro atoms. The van der Waals surface area contributed by atoms with Crippen molar-refractivity contribution in [2.45, 2.75) is 19.5 Å². The highest BCUT2D eigenvalue weighted by molar-refractivity contribution is 5.32. The van der Waals surface area contributed by atoms with Gasteiger partial charge in [0.05, 0.1) is 13.2 Å². The molecule has 0 unspecified atom stereocenters. The molecular formula is C12H14F4O2. The third-order valence-corrected chi connectivity index (χ3v) is 2.09. The standard InChI is InChI=1S/C12H14F4O2/c1-9-7-10(13)3-4-11(9)18-6-2-5-17-8-12(14,15)16/h3-4,7H,2,5-6,8H2,1H3. The highest BCUT2D eigenvalue weighted by atomic mass is 19.4. The van der Waals surface area contributed by atoms with Crippen LogP contribution >= 0.6 is 0 Å². The zero-order chi connectivity index (χ0) is 13.6. The maximum absolute atomic E-state index is 12.8. The van der Waals surface area contributed by atoms with Gasteiger partial charge in [-0.1, -0.05) is 0 Å². The van der Waals surface area contributed by atoms with Crippen LogP contribution in [0.25, 0.3) is 0 Å². The van der Waals surface area contributed by atoms with Crippen molar-refractivity contribution in [1.82, 2.24) is 0 Å². The van der Waals surface area contributed by atoms with E-state index in [1.54, 1.807) is 6.92 Å². The van der Waals surface area contributed by atoms with Gasteiger partial charge in [-0.05, 0) is 30.7 Å². The third-order valence-electron chi connectivity index (χ3n) is 2.09. The minimum atomic E-state index is -4.30. The number of hydrogen-bond donors (Lipinski definition) is 0. The minimum absolute atomic E-state index is 0.0280. The Labute approximate surface area is 103 Å². The van der Waals surface area contributed by atoms with Gasteiger partial charge >= 0.3 is 6.18 Å². The molecule has 2 nitrogen and oxygen atoms in total. The molecule has 6 heteroatoms. The van der Waals surface area contributed by atoms with E-state index in [1.165, 1.54) is 18.2 Å². The Balaban J connectivity index is 2.18. The lowest BCUT2D eigenvalue weighted by Crippen LogP contribution is -2.18. The molecule has 1 rings (SSSR count). The molecule has 1 aromatic rings. The van der Waals surface area contributed by atoms with Gasteiger partial charge in [0, 0.05) is 6.42 Å². The van der Waals surface area contributed by atoms with Gasteiger partial charge in [-0.25, -0.2) is 4.39 Å². The Bertz CT molecular complexity index is 377. The minimum Gasteiger partial charge on any atom is -0.493 e. The van der Waals surface area contributed by atoms with E-state index in [9.17, 15) is 17.6 Å². The zero-order valence-corrected chi connectivity index (χ0v) is 9.89. The fourth-order valence-electron chi connectivity index (χ4n) is 1.31. The summed E-state index contributed by atoms with van der Waals surface area (Å²) in [5.41, 5.74) is 0.645. The maximum Gasteiger partial charge on any atom is 0.411 e. The molecule has 0 fully saturated rings. The van der Waals surface area contributed by atoms with Gasteiger partial charge in [0.15, 0.2) is 0 Å². The number of aryl methyl sites for hydroxylation is 1. The summed E-state index contributed by atoms with van der Waals surface area (Å²) in [7, 11) is 0. The average molecular weight is 266 g/mol. The van der Waals surface area contributed by atoms with E-state index in [0.29, 0.717) is 17.7 Å². The van der Waals surface area contributed by atoms with E-state index in [0.717, 1.165) is 0 Å². The molecule has 0 radical (unpaired) electrons. The number of alkyl halides is 3. The topological polar surface area (TPSA) is 18.5 Å². The van der Waals surface area contributed by atoms with E-state index in [4.69, 9.17) is 4.74 Å². The number of benzene rings is 1.